The number of nitrogens with one attached hydrogen (secondary N) is 1. The van der Waals surface area contributed by atoms with Crippen LogP contribution in [0, 0.1) is 6.92 Å². The molecule has 1 N–H and O–H groups in total. The zero-order chi connectivity index (χ0) is 16.9. The van der Waals surface area contributed by atoms with Crippen molar-refractivity contribution in [2.75, 3.05) is 6.54 Å². The van der Waals surface area contributed by atoms with E-state index in [-0.39, 0.29) is 5.91 Å². The van der Waals surface area contributed by atoms with Crippen LogP contribution in [0.3, 0.4) is 0 Å². The van der Waals surface area contributed by atoms with Crippen molar-refractivity contribution in [2.45, 2.75) is 33.2 Å². The Balaban J connectivity index is 1.90. The molecule has 3 rings (SSSR count). The van der Waals surface area contributed by atoms with Crippen molar-refractivity contribution >= 4 is 16.8 Å². The Kier molecular flexibility index (Phi) is 4.99. The Bertz CT molecular complexity index is 834. The number of aromatic amines is 1. The predicted octanol–water partition coefficient (Wildman–Crippen LogP) is 4.92. The van der Waals surface area contributed by atoms with Crippen LogP contribution in [-0.4, -0.2) is 22.3 Å². The number of fused-ring (bicyclic) bond motifs is 1. The van der Waals surface area contributed by atoms with Crippen LogP contribution in [0.1, 0.15) is 41.3 Å². The average molecular weight is 320 g/mol. The molecule has 0 spiro atoms. The van der Waals surface area contributed by atoms with E-state index in [9.17, 15) is 4.79 Å². The molecule has 2 aromatic carbocycles. The van der Waals surface area contributed by atoms with Gasteiger partial charge in [0.25, 0.3) is 5.91 Å². The summed E-state index contributed by atoms with van der Waals surface area (Å²) in [6, 6.07) is 16.3. The van der Waals surface area contributed by atoms with Crippen LogP contribution in [0.4, 0.5) is 0 Å². The Morgan fingerprint density at radius 1 is 1.08 bits per heavy atom. The Morgan fingerprint density at radius 3 is 2.62 bits per heavy atom. The molecule has 3 nitrogen and oxygen atoms in total. The molecule has 0 unspecified atom stereocenters. The first-order valence-electron chi connectivity index (χ1n) is 8.60. The Morgan fingerprint density at radius 2 is 1.83 bits per heavy atom. The lowest BCUT2D eigenvalue weighted by atomic mass is 10.1. The average Bonchev–Trinajstić information content (AvgIpc) is 3.03. The highest BCUT2D eigenvalue weighted by Crippen LogP contribution is 2.21. The van der Waals surface area contributed by atoms with E-state index >= 15 is 0 Å². The van der Waals surface area contributed by atoms with Crippen molar-refractivity contribution in [2.24, 2.45) is 0 Å². The summed E-state index contributed by atoms with van der Waals surface area (Å²) in [5, 5.41) is 0.994. The maximum atomic E-state index is 13.1. The summed E-state index contributed by atoms with van der Waals surface area (Å²) in [4.78, 5) is 18.3. The lowest BCUT2D eigenvalue weighted by molar-refractivity contribution is 0.0742. The van der Waals surface area contributed by atoms with Crippen molar-refractivity contribution in [1.29, 1.82) is 0 Å². The number of para-hydroxylation sites is 1. The maximum Gasteiger partial charge on any atom is 0.256 e. The number of hydrogen-bond donors (Lipinski definition) is 1. The van der Waals surface area contributed by atoms with Crippen molar-refractivity contribution in [1.82, 2.24) is 9.88 Å². The quantitative estimate of drug-likeness (QED) is 0.687. The molecule has 0 saturated heterocycles. The number of nitrogens with zero attached hydrogens (tertiary/aromatic N) is 1. The Hall–Kier alpha value is -2.55. The molecule has 0 fully saturated rings. The molecular formula is C21H24N2O. The molecule has 24 heavy (non-hydrogen) atoms. The van der Waals surface area contributed by atoms with Gasteiger partial charge in [-0.15, -0.1) is 0 Å². The fraction of sp³-hybridized carbons (Fsp3) is 0.286. The number of benzene rings is 2. The van der Waals surface area contributed by atoms with E-state index in [2.05, 4.69) is 31.0 Å². The number of amides is 1. The second kappa shape index (κ2) is 7.35. The molecule has 0 bridgehead atoms. The zero-order valence-corrected chi connectivity index (χ0v) is 14.4. The summed E-state index contributed by atoms with van der Waals surface area (Å²) in [6.07, 6.45) is 3.93. The van der Waals surface area contributed by atoms with Crippen LogP contribution in [0.5, 0.6) is 0 Å². The zero-order valence-electron chi connectivity index (χ0n) is 14.4. The molecule has 0 atom stereocenters. The molecule has 0 aliphatic rings. The van der Waals surface area contributed by atoms with Gasteiger partial charge in [-0.2, -0.15) is 0 Å². The number of rotatable bonds is 6. The second-order valence-corrected chi connectivity index (χ2v) is 6.25. The van der Waals surface area contributed by atoms with Gasteiger partial charge < -0.3 is 9.88 Å². The predicted molar refractivity (Wildman–Crippen MR) is 99.1 cm³/mol. The molecule has 0 saturated carbocycles. The third-order valence-corrected chi connectivity index (χ3v) is 4.51. The summed E-state index contributed by atoms with van der Waals surface area (Å²) in [5.74, 6) is 0.101. The first kappa shape index (κ1) is 16.3. The molecule has 1 aromatic heterocycles. The third kappa shape index (κ3) is 3.35. The normalized spacial score (nSPS) is 10.9. The van der Waals surface area contributed by atoms with E-state index in [0.717, 1.165) is 35.9 Å². The van der Waals surface area contributed by atoms with E-state index in [1.807, 2.05) is 47.5 Å². The van der Waals surface area contributed by atoms with Crippen molar-refractivity contribution in [3.8, 4) is 0 Å². The van der Waals surface area contributed by atoms with Gasteiger partial charge in [0, 0.05) is 30.2 Å². The molecule has 124 valence electrons. The first-order chi connectivity index (χ1) is 11.7. The maximum absolute atomic E-state index is 13.1. The fourth-order valence-corrected chi connectivity index (χ4v) is 3.01. The van der Waals surface area contributed by atoms with Crippen LogP contribution in [0.15, 0.2) is 54.7 Å². The molecule has 0 radical (unpaired) electrons. The largest absolute Gasteiger partial charge is 0.360 e. The smallest absolute Gasteiger partial charge is 0.256 e. The van der Waals surface area contributed by atoms with Crippen molar-refractivity contribution < 1.29 is 4.79 Å². The lowest BCUT2D eigenvalue weighted by Gasteiger charge is -2.23. The number of aryl methyl sites for hydroxylation is 1. The molecule has 0 aliphatic carbocycles. The van der Waals surface area contributed by atoms with Gasteiger partial charge in [-0.05, 0) is 30.5 Å². The number of unbranched alkanes of at least 4 members (excludes halogenated alkanes) is 1. The van der Waals surface area contributed by atoms with Gasteiger partial charge in [0.05, 0.1) is 5.56 Å². The first-order valence-corrected chi connectivity index (χ1v) is 8.60. The van der Waals surface area contributed by atoms with Gasteiger partial charge >= 0.3 is 0 Å². The summed E-state index contributed by atoms with van der Waals surface area (Å²) in [6.45, 7) is 5.69. The van der Waals surface area contributed by atoms with Crippen LogP contribution in [0.2, 0.25) is 0 Å². The number of carbonyl (C=O) groups excluding carboxylic acids is 1. The number of carbonyl (C=O) groups is 1. The van der Waals surface area contributed by atoms with Gasteiger partial charge in [-0.3, -0.25) is 4.79 Å². The van der Waals surface area contributed by atoms with Crippen molar-refractivity contribution in [3.05, 3.63) is 71.4 Å². The lowest BCUT2D eigenvalue weighted by Crippen LogP contribution is -2.31. The second-order valence-electron chi connectivity index (χ2n) is 6.25. The van der Waals surface area contributed by atoms with E-state index in [0.29, 0.717) is 6.54 Å². The molecular weight excluding hydrogens is 296 g/mol. The summed E-state index contributed by atoms with van der Waals surface area (Å²) < 4.78 is 0. The highest BCUT2D eigenvalue weighted by molar-refractivity contribution is 6.06. The monoisotopic (exact) mass is 320 g/mol. The van der Waals surface area contributed by atoms with Crippen LogP contribution in [-0.2, 0) is 6.54 Å². The Labute approximate surface area is 143 Å². The van der Waals surface area contributed by atoms with Crippen molar-refractivity contribution in [3.63, 3.8) is 0 Å². The van der Waals surface area contributed by atoms with E-state index in [1.165, 1.54) is 11.1 Å². The van der Waals surface area contributed by atoms with Gasteiger partial charge in [-0.25, -0.2) is 0 Å². The van der Waals surface area contributed by atoms with Gasteiger partial charge in [-0.1, -0.05) is 55.8 Å². The SMILES string of the molecule is CCCCN(Cc1ccccc1C)C(=O)c1c[nH]c2ccccc12. The van der Waals surface area contributed by atoms with E-state index in [1.54, 1.807) is 0 Å². The highest BCUT2D eigenvalue weighted by atomic mass is 16.2. The summed E-state index contributed by atoms with van der Waals surface area (Å²) in [5.41, 5.74) is 4.20. The minimum Gasteiger partial charge on any atom is -0.360 e. The minimum absolute atomic E-state index is 0.101. The van der Waals surface area contributed by atoms with Gasteiger partial charge in [0.15, 0.2) is 0 Å². The summed E-state index contributed by atoms with van der Waals surface area (Å²) >= 11 is 0. The highest BCUT2D eigenvalue weighted by Gasteiger charge is 2.19. The van der Waals surface area contributed by atoms with Crippen LogP contribution in [0.25, 0.3) is 10.9 Å². The number of H-pyrrole nitrogens is 1. The van der Waals surface area contributed by atoms with E-state index in [4.69, 9.17) is 0 Å². The number of hydrogen-bond acceptors (Lipinski definition) is 1. The third-order valence-electron chi connectivity index (χ3n) is 4.51. The molecule has 3 heteroatoms. The van der Waals surface area contributed by atoms with Gasteiger partial charge in [0.2, 0.25) is 0 Å². The van der Waals surface area contributed by atoms with Crippen LogP contribution < -0.4 is 0 Å². The number of aromatic nitrogens is 1. The topological polar surface area (TPSA) is 36.1 Å². The standard InChI is InChI=1S/C21H24N2O/c1-3-4-13-23(15-17-10-6-5-9-16(17)2)21(24)19-14-22-20-12-8-7-11-18(19)20/h5-12,14,22H,3-4,13,15H2,1-2H3. The molecule has 1 heterocycles. The van der Waals surface area contributed by atoms with Gasteiger partial charge in [0.1, 0.15) is 0 Å². The molecule has 3 aromatic rings. The summed E-state index contributed by atoms with van der Waals surface area (Å²) in [7, 11) is 0. The van der Waals surface area contributed by atoms with E-state index < -0.39 is 0 Å². The molecule has 1 amide bonds. The minimum atomic E-state index is 0.101. The fourth-order valence-electron chi connectivity index (χ4n) is 3.01. The van der Waals surface area contributed by atoms with Crippen LogP contribution >= 0.6 is 0 Å². The molecule has 0 aliphatic heterocycles.